The first-order valence-electron chi connectivity index (χ1n) is 5.69. The minimum Gasteiger partial charge on any atom is -0.260 e. The summed E-state index contributed by atoms with van der Waals surface area (Å²) in [4.78, 5) is 0.122. The number of benzene rings is 1. The monoisotopic (exact) mass is 300 g/mol. The van der Waals surface area contributed by atoms with Crippen LogP contribution in [0.1, 0.15) is 18.9 Å². The Labute approximate surface area is 116 Å². The third-order valence-corrected chi connectivity index (χ3v) is 5.55. The lowest BCUT2D eigenvalue weighted by atomic mass is 10.2. The van der Waals surface area contributed by atoms with E-state index in [1.807, 2.05) is 13.0 Å². The maximum atomic E-state index is 11.9. The van der Waals surface area contributed by atoms with E-state index in [-0.39, 0.29) is 16.7 Å². The molecular formula is C12H16N2O3S2. The van der Waals surface area contributed by atoms with Crippen LogP contribution in [-0.2, 0) is 20.8 Å². The van der Waals surface area contributed by atoms with Crippen LogP contribution in [0.3, 0.4) is 0 Å². The van der Waals surface area contributed by atoms with Crippen molar-refractivity contribution in [2.75, 3.05) is 12.8 Å². The highest BCUT2D eigenvalue weighted by atomic mass is 32.2. The highest BCUT2D eigenvalue weighted by Gasteiger charge is 2.14. The molecule has 0 aliphatic heterocycles. The lowest BCUT2D eigenvalue weighted by Gasteiger charge is -2.10. The zero-order valence-corrected chi connectivity index (χ0v) is 12.4. The lowest BCUT2D eigenvalue weighted by Crippen LogP contribution is -2.27. The van der Waals surface area contributed by atoms with Crippen LogP contribution in [0.2, 0.25) is 0 Å². The Morgan fingerprint density at radius 1 is 1.37 bits per heavy atom. The van der Waals surface area contributed by atoms with E-state index in [1.165, 1.54) is 24.3 Å². The van der Waals surface area contributed by atoms with Crippen molar-refractivity contribution >= 4 is 20.8 Å². The number of hydrogen-bond donors (Lipinski definition) is 1. The molecule has 7 heteroatoms. The first-order valence-corrected chi connectivity index (χ1v) is 8.79. The number of hydrogen-bond acceptors (Lipinski definition) is 4. The molecule has 0 fully saturated rings. The Morgan fingerprint density at radius 2 is 1.95 bits per heavy atom. The van der Waals surface area contributed by atoms with E-state index in [2.05, 4.69) is 4.72 Å². The average molecular weight is 300 g/mol. The lowest BCUT2D eigenvalue weighted by molar-refractivity contribution is 0.578. The quantitative estimate of drug-likeness (QED) is 0.849. The van der Waals surface area contributed by atoms with E-state index in [4.69, 9.17) is 5.26 Å². The van der Waals surface area contributed by atoms with Gasteiger partial charge in [0.05, 0.1) is 16.5 Å². The van der Waals surface area contributed by atoms with Crippen molar-refractivity contribution in [2.24, 2.45) is 0 Å². The summed E-state index contributed by atoms with van der Waals surface area (Å²) < 4.78 is 37.4. The summed E-state index contributed by atoms with van der Waals surface area (Å²) in [5, 5.41) is 8.59. The highest BCUT2D eigenvalue weighted by Crippen LogP contribution is 2.10. The van der Waals surface area contributed by atoms with Gasteiger partial charge in [0.1, 0.15) is 0 Å². The van der Waals surface area contributed by atoms with Crippen molar-refractivity contribution < 1.29 is 12.6 Å². The summed E-state index contributed by atoms with van der Waals surface area (Å²) >= 11 is 0. The van der Waals surface area contributed by atoms with E-state index in [1.54, 1.807) is 6.26 Å². The summed E-state index contributed by atoms with van der Waals surface area (Å²) in [6.07, 6.45) is 2.11. The van der Waals surface area contributed by atoms with Crippen molar-refractivity contribution in [1.82, 2.24) is 4.72 Å². The summed E-state index contributed by atoms with van der Waals surface area (Å²) in [5.74, 6) is 0. The standard InChI is InChI=1S/C12H16N2O3S2/c1-10(18(2)15)7-8-14-19(16,17)12-5-3-11(9-13)4-6-12/h3-6,10,14H,7-8H2,1-2H3. The predicted octanol–water partition coefficient (Wildman–Crippen LogP) is 0.994. The molecule has 1 N–H and O–H groups in total. The fourth-order valence-electron chi connectivity index (χ4n) is 1.35. The molecule has 0 bridgehead atoms. The topological polar surface area (TPSA) is 87.0 Å². The minimum atomic E-state index is -3.56. The third kappa shape index (κ3) is 4.74. The molecule has 0 radical (unpaired) electrons. The van der Waals surface area contributed by atoms with Gasteiger partial charge in [0.15, 0.2) is 0 Å². The second-order valence-corrected chi connectivity index (χ2v) is 7.70. The maximum Gasteiger partial charge on any atom is 0.240 e. The van der Waals surface area contributed by atoms with E-state index in [0.717, 1.165) is 0 Å². The fraction of sp³-hybridized carbons (Fsp3) is 0.417. The van der Waals surface area contributed by atoms with E-state index < -0.39 is 20.8 Å². The van der Waals surface area contributed by atoms with Crippen molar-refractivity contribution in [3.05, 3.63) is 29.8 Å². The van der Waals surface area contributed by atoms with Gasteiger partial charge in [0.2, 0.25) is 10.0 Å². The van der Waals surface area contributed by atoms with Gasteiger partial charge in [-0.1, -0.05) is 6.92 Å². The first-order chi connectivity index (χ1) is 8.86. The summed E-state index contributed by atoms with van der Waals surface area (Å²) in [6, 6.07) is 7.62. The molecule has 0 saturated heterocycles. The zero-order valence-electron chi connectivity index (χ0n) is 10.8. The van der Waals surface area contributed by atoms with Crippen LogP contribution in [0, 0.1) is 11.3 Å². The van der Waals surface area contributed by atoms with Gasteiger partial charge < -0.3 is 0 Å². The van der Waals surface area contributed by atoms with E-state index >= 15 is 0 Å². The molecule has 104 valence electrons. The third-order valence-electron chi connectivity index (χ3n) is 2.70. The smallest absolute Gasteiger partial charge is 0.240 e. The minimum absolute atomic E-state index is 0.0522. The van der Waals surface area contributed by atoms with Gasteiger partial charge in [-0.25, -0.2) is 13.1 Å². The second kappa shape index (κ2) is 6.80. The van der Waals surface area contributed by atoms with Gasteiger partial charge in [-0.05, 0) is 30.7 Å². The van der Waals surface area contributed by atoms with Crippen molar-refractivity contribution in [1.29, 1.82) is 5.26 Å². The molecular weight excluding hydrogens is 284 g/mol. The molecule has 0 amide bonds. The molecule has 19 heavy (non-hydrogen) atoms. The molecule has 5 nitrogen and oxygen atoms in total. The molecule has 0 aliphatic carbocycles. The molecule has 1 rings (SSSR count). The normalized spacial score (nSPS) is 14.6. The Bertz CT molecular complexity index is 588. The van der Waals surface area contributed by atoms with Gasteiger partial charge in [-0.2, -0.15) is 5.26 Å². The van der Waals surface area contributed by atoms with Crippen molar-refractivity contribution in [2.45, 2.75) is 23.5 Å². The fourth-order valence-corrected chi connectivity index (χ4v) is 2.85. The molecule has 1 aromatic rings. The molecule has 0 aromatic heterocycles. The summed E-state index contributed by atoms with van der Waals surface area (Å²) in [5.41, 5.74) is 0.411. The van der Waals surface area contributed by atoms with Crippen molar-refractivity contribution in [3.8, 4) is 6.07 Å². The van der Waals surface area contributed by atoms with Crippen LogP contribution in [0.15, 0.2) is 29.2 Å². The van der Waals surface area contributed by atoms with Crippen LogP contribution < -0.4 is 4.72 Å². The van der Waals surface area contributed by atoms with Crippen LogP contribution in [0.5, 0.6) is 0 Å². The maximum absolute atomic E-state index is 11.9. The molecule has 0 saturated carbocycles. The summed E-state index contributed by atoms with van der Waals surface area (Å²) in [6.45, 7) is 2.05. The highest BCUT2D eigenvalue weighted by molar-refractivity contribution is 7.89. The van der Waals surface area contributed by atoms with Crippen LogP contribution >= 0.6 is 0 Å². The molecule has 0 aliphatic rings. The number of rotatable bonds is 6. The SMILES string of the molecule is CC(CCNS(=O)(=O)c1ccc(C#N)cc1)S(C)=O. The van der Waals surface area contributed by atoms with Gasteiger partial charge in [0.25, 0.3) is 0 Å². The van der Waals surface area contributed by atoms with Crippen LogP contribution in [0.4, 0.5) is 0 Å². The molecule has 2 atom stereocenters. The van der Waals surface area contributed by atoms with Gasteiger partial charge >= 0.3 is 0 Å². The van der Waals surface area contributed by atoms with Gasteiger partial charge in [0, 0.05) is 28.9 Å². The van der Waals surface area contributed by atoms with E-state index in [9.17, 15) is 12.6 Å². The number of nitriles is 1. The predicted molar refractivity (Wildman–Crippen MR) is 74.5 cm³/mol. The Hall–Kier alpha value is -1.23. The Kier molecular flexibility index (Phi) is 5.66. The largest absolute Gasteiger partial charge is 0.260 e. The zero-order chi connectivity index (χ0) is 14.5. The van der Waals surface area contributed by atoms with Gasteiger partial charge in [-0.3, -0.25) is 4.21 Å². The average Bonchev–Trinajstić information content (AvgIpc) is 2.38. The van der Waals surface area contributed by atoms with Crippen LogP contribution in [-0.4, -0.2) is 30.7 Å². The van der Waals surface area contributed by atoms with Gasteiger partial charge in [-0.15, -0.1) is 0 Å². The number of nitrogens with one attached hydrogen (secondary N) is 1. The summed E-state index contributed by atoms with van der Waals surface area (Å²) in [7, 11) is -4.52. The molecule has 0 spiro atoms. The molecule has 2 unspecified atom stereocenters. The van der Waals surface area contributed by atoms with Crippen LogP contribution in [0.25, 0.3) is 0 Å². The number of sulfonamides is 1. The number of nitrogens with zero attached hydrogens (tertiary/aromatic N) is 1. The Morgan fingerprint density at radius 3 is 2.42 bits per heavy atom. The Balaban J connectivity index is 2.66. The molecule has 1 aromatic carbocycles. The van der Waals surface area contributed by atoms with Crippen molar-refractivity contribution in [3.63, 3.8) is 0 Å². The second-order valence-electron chi connectivity index (χ2n) is 4.13. The van der Waals surface area contributed by atoms with E-state index in [0.29, 0.717) is 12.0 Å². The first kappa shape index (κ1) is 15.8. The molecule has 0 heterocycles.